The van der Waals surface area contributed by atoms with Crippen LogP contribution in [0.15, 0.2) is 11.1 Å². The van der Waals surface area contributed by atoms with Gasteiger partial charge in [0.25, 0.3) is 5.79 Å². The lowest BCUT2D eigenvalue weighted by Crippen LogP contribution is -2.43. The number of hydrogen-bond acceptors (Lipinski definition) is 6. The first-order valence-electron chi connectivity index (χ1n) is 6.87. The molecule has 2 heterocycles. The van der Waals surface area contributed by atoms with Crippen molar-refractivity contribution in [2.75, 3.05) is 13.2 Å². The highest BCUT2D eigenvalue weighted by Crippen LogP contribution is 2.40. The van der Waals surface area contributed by atoms with Crippen LogP contribution in [-0.2, 0) is 28.5 Å². The molecule has 1 aliphatic carbocycles. The molecule has 0 radical (unpaired) electrons. The van der Waals surface area contributed by atoms with Crippen molar-refractivity contribution in [3.8, 4) is 0 Å². The number of rotatable bonds is 0. The van der Waals surface area contributed by atoms with Gasteiger partial charge in [0.05, 0.1) is 13.2 Å². The van der Waals surface area contributed by atoms with Gasteiger partial charge in [0.1, 0.15) is 5.57 Å². The highest BCUT2D eigenvalue weighted by Gasteiger charge is 2.44. The van der Waals surface area contributed by atoms with Gasteiger partial charge in [0.2, 0.25) is 0 Å². The Kier molecular flexibility index (Phi) is 3.10. The molecular weight excluding hydrogens is 264 g/mol. The summed E-state index contributed by atoms with van der Waals surface area (Å²) in [5.41, 5.74) is 0.831. The van der Waals surface area contributed by atoms with Crippen LogP contribution >= 0.6 is 0 Å². The summed E-state index contributed by atoms with van der Waals surface area (Å²) in [4.78, 5) is 24.0. The van der Waals surface area contributed by atoms with Crippen LogP contribution in [0, 0.1) is 0 Å². The maximum absolute atomic E-state index is 12.0. The smallest absolute Gasteiger partial charge is 0.348 e. The second-order valence-corrected chi connectivity index (χ2v) is 5.77. The number of ether oxygens (including phenoxy) is 4. The molecule has 0 unspecified atom stereocenters. The van der Waals surface area contributed by atoms with E-state index in [1.807, 2.05) is 0 Å². The zero-order valence-corrected chi connectivity index (χ0v) is 11.7. The predicted molar refractivity (Wildman–Crippen MR) is 66.4 cm³/mol. The first-order chi connectivity index (χ1) is 9.41. The molecule has 0 atom stereocenters. The Morgan fingerprint density at radius 1 is 0.900 bits per heavy atom. The van der Waals surface area contributed by atoms with E-state index in [4.69, 9.17) is 18.9 Å². The molecule has 0 aromatic heterocycles. The normalized spacial score (nSPS) is 28.5. The van der Waals surface area contributed by atoms with Crippen LogP contribution < -0.4 is 0 Å². The van der Waals surface area contributed by atoms with Gasteiger partial charge in [-0.05, 0) is 18.4 Å². The molecule has 1 spiro atoms. The summed E-state index contributed by atoms with van der Waals surface area (Å²) in [7, 11) is 0. The lowest BCUT2D eigenvalue weighted by Gasteiger charge is -2.35. The Balaban J connectivity index is 1.78. The molecular formula is C14H18O6. The van der Waals surface area contributed by atoms with Crippen LogP contribution in [0.5, 0.6) is 0 Å². The second-order valence-electron chi connectivity index (χ2n) is 5.77. The van der Waals surface area contributed by atoms with E-state index in [2.05, 4.69) is 0 Å². The molecule has 110 valence electrons. The number of hydrogen-bond donors (Lipinski definition) is 0. The van der Waals surface area contributed by atoms with E-state index in [9.17, 15) is 9.59 Å². The number of cyclic esters (lactones) is 2. The maximum Gasteiger partial charge on any atom is 0.348 e. The summed E-state index contributed by atoms with van der Waals surface area (Å²) in [6.45, 7) is 4.29. The van der Waals surface area contributed by atoms with Crippen LogP contribution in [0.4, 0.5) is 0 Å². The molecule has 0 bridgehead atoms. The summed E-state index contributed by atoms with van der Waals surface area (Å²) in [5.74, 6) is -2.90. The lowest BCUT2D eigenvalue weighted by molar-refractivity contribution is -0.222. The molecule has 6 nitrogen and oxygen atoms in total. The highest BCUT2D eigenvalue weighted by atomic mass is 16.7. The predicted octanol–water partition coefficient (Wildman–Crippen LogP) is 1.44. The van der Waals surface area contributed by atoms with E-state index < -0.39 is 23.5 Å². The fraction of sp³-hybridized carbons (Fsp3) is 0.714. The summed E-state index contributed by atoms with van der Waals surface area (Å²) in [6.07, 6.45) is 2.46. The summed E-state index contributed by atoms with van der Waals surface area (Å²) in [5, 5.41) is 0. The molecule has 2 saturated heterocycles. The second kappa shape index (κ2) is 4.56. The average Bonchev–Trinajstić information content (AvgIpc) is 2.78. The molecule has 0 aromatic rings. The summed E-state index contributed by atoms with van der Waals surface area (Å²) >= 11 is 0. The van der Waals surface area contributed by atoms with Crippen molar-refractivity contribution in [1.29, 1.82) is 0 Å². The van der Waals surface area contributed by atoms with Crippen molar-refractivity contribution in [2.24, 2.45) is 0 Å². The lowest BCUT2D eigenvalue weighted by atomic mass is 9.86. The first kappa shape index (κ1) is 13.6. The molecule has 6 heteroatoms. The molecule has 0 N–H and O–H groups in total. The molecule has 3 fully saturated rings. The summed E-state index contributed by atoms with van der Waals surface area (Å²) < 4.78 is 21.5. The van der Waals surface area contributed by atoms with Gasteiger partial charge in [-0.15, -0.1) is 0 Å². The standard InChI is InChI=1S/C14H18O6/c1-13(2)19-11(15)10(12(16)20-13)9-3-5-14(6-4-9)17-7-8-18-14/h3-8H2,1-2H3. The van der Waals surface area contributed by atoms with E-state index in [1.165, 1.54) is 0 Å². The quantitative estimate of drug-likeness (QED) is 0.380. The van der Waals surface area contributed by atoms with Crippen LogP contribution in [0.1, 0.15) is 39.5 Å². The topological polar surface area (TPSA) is 71.1 Å². The fourth-order valence-corrected chi connectivity index (χ4v) is 2.91. The van der Waals surface area contributed by atoms with Gasteiger partial charge in [-0.3, -0.25) is 0 Å². The van der Waals surface area contributed by atoms with E-state index in [0.29, 0.717) is 38.9 Å². The van der Waals surface area contributed by atoms with Crippen molar-refractivity contribution in [1.82, 2.24) is 0 Å². The molecule has 0 amide bonds. The van der Waals surface area contributed by atoms with Gasteiger partial charge < -0.3 is 18.9 Å². The molecule has 1 saturated carbocycles. The highest BCUT2D eigenvalue weighted by molar-refractivity contribution is 6.16. The van der Waals surface area contributed by atoms with E-state index in [0.717, 1.165) is 5.57 Å². The van der Waals surface area contributed by atoms with Crippen molar-refractivity contribution in [3.63, 3.8) is 0 Å². The molecule has 2 aliphatic heterocycles. The van der Waals surface area contributed by atoms with Crippen molar-refractivity contribution < 1.29 is 28.5 Å². The van der Waals surface area contributed by atoms with Gasteiger partial charge in [-0.1, -0.05) is 0 Å². The molecule has 0 aromatic carbocycles. The number of carbonyl (C=O) groups excluding carboxylic acids is 2. The Labute approximate surface area is 117 Å². The zero-order valence-electron chi connectivity index (χ0n) is 11.7. The zero-order chi connectivity index (χ0) is 14.4. The van der Waals surface area contributed by atoms with Crippen molar-refractivity contribution >= 4 is 11.9 Å². The van der Waals surface area contributed by atoms with Crippen molar-refractivity contribution in [2.45, 2.75) is 51.1 Å². The van der Waals surface area contributed by atoms with Crippen molar-refractivity contribution in [3.05, 3.63) is 11.1 Å². The minimum absolute atomic E-state index is 0.0529. The minimum Gasteiger partial charge on any atom is -0.419 e. The Bertz CT molecular complexity index is 450. The largest absolute Gasteiger partial charge is 0.419 e. The third-order valence-corrected chi connectivity index (χ3v) is 3.87. The fourth-order valence-electron chi connectivity index (χ4n) is 2.91. The van der Waals surface area contributed by atoms with E-state index in [1.54, 1.807) is 13.8 Å². The van der Waals surface area contributed by atoms with Crippen LogP contribution in [0.2, 0.25) is 0 Å². The third kappa shape index (κ3) is 2.33. The number of esters is 2. The first-order valence-corrected chi connectivity index (χ1v) is 6.87. The van der Waals surface area contributed by atoms with Crippen LogP contribution in [-0.4, -0.2) is 36.7 Å². The third-order valence-electron chi connectivity index (χ3n) is 3.87. The van der Waals surface area contributed by atoms with Gasteiger partial charge in [0, 0.05) is 26.7 Å². The summed E-state index contributed by atoms with van der Waals surface area (Å²) in [6, 6.07) is 0. The molecule has 20 heavy (non-hydrogen) atoms. The number of carbonyl (C=O) groups is 2. The Morgan fingerprint density at radius 3 is 1.90 bits per heavy atom. The Hall–Kier alpha value is -1.40. The minimum atomic E-state index is -1.19. The maximum atomic E-state index is 12.0. The van der Waals surface area contributed by atoms with E-state index >= 15 is 0 Å². The van der Waals surface area contributed by atoms with Gasteiger partial charge in [0.15, 0.2) is 5.79 Å². The SMILES string of the molecule is CC1(C)OC(=O)C(=C2CCC3(CC2)OCCO3)C(=O)O1. The molecule has 3 aliphatic rings. The van der Waals surface area contributed by atoms with Crippen LogP contribution in [0.3, 0.4) is 0 Å². The average molecular weight is 282 g/mol. The monoisotopic (exact) mass is 282 g/mol. The van der Waals surface area contributed by atoms with Crippen LogP contribution in [0.25, 0.3) is 0 Å². The van der Waals surface area contributed by atoms with Gasteiger partial charge in [-0.25, -0.2) is 9.59 Å². The Morgan fingerprint density at radius 2 is 1.40 bits per heavy atom. The number of allylic oxidation sites excluding steroid dienone is 1. The van der Waals surface area contributed by atoms with Gasteiger partial charge >= 0.3 is 11.9 Å². The van der Waals surface area contributed by atoms with E-state index in [-0.39, 0.29) is 5.57 Å². The van der Waals surface area contributed by atoms with Gasteiger partial charge in [-0.2, -0.15) is 0 Å². The molecule has 3 rings (SSSR count).